The number of amides is 2. The fourth-order valence-corrected chi connectivity index (χ4v) is 4.41. The molecule has 5 nitrogen and oxygen atoms in total. The monoisotopic (exact) mass is 463 g/mol. The first-order valence-corrected chi connectivity index (χ1v) is 10.9. The first kappa shape index (κ1) is 22.0. The average molecular weight is 464 g/mol. The minimum atomic E-state index is -0.506. The highest BCUT2D eigenvalue weighted by atomic mass is 35.5. The van der Waals surface area contributed by atoms with Crippen molar-refractivity contribution in [2.45, 2.75) is 27.7 Å². The second kappa shape index (κ2) is 8.37. The lowest BCUT2D eigenvalue weighted by molar-refractivity contribution is -0.122. The van der Waals surface area contributed by atoms with E-state index in [-0.39, 0.29) is 10.7 Å². The molecule has 1 fully saturated rings. The maximum Gasteiger partial charge on any atom is 0.270 e. The van der Waals surface area contributed by atoms with Crippen molar-refractivity contribution in [2.24, 2.45) is 0 Å². The van der Waals surface area contributed by atoms with Gasteiger partial charge in [-0.05, 0) is 86.9 Å². The third kappa shape index (κ3) is 3.76. The van der Waals surface area contributed by atoms with Gasteiger partial charge < -0.3 is 4.57 Å². The van der Waals surface area contributed by atoms with Crippen LogP contribution < -0.4 is 10.2 Å². The van der Waals surface area contributed by atoms with Crippen LogP contribution in [-0.4, -0.2) is 21.5 Å². The molecular formula is C25H22ClN3O2S. The normalized spacial score (nSPS) is 15.5. The van der Waals surface area contributed by atoms with Crippen molar-refractivity contribution in [2.75, 3.05) is 4.90 Å². The number of nitrogens with zero attached hydrogens (tertiary/aromatic N) is 2. The Morgan fingerprint density at radius 3 is 2.34 bits per heavy atom. The number of rotatable bonds is 3. The number of nitrogens with one attached hydrogen (secondary N) is 1. The molecule has 0 bridgehead atoms. The standard InChI is InChI=1S/C25H22ClN3O2S/c1-14-7-5-6-8-21(14)29-24(31)20(23(30)27-25(29)32)12-18-11-16(3)28(17(18)4)22-13-19(26)10-9-15(22)2/h5-13H,1-4H3,(H,27,30,32)/b20-12+. The van der Waals surface area contributed by atoms with Gasteiger partial charge in [0.25, 0.3) is 11.8 Å². The van der Waals surface area contributed by atoms with Gasteiger partial charge in [-0.3, -0.25) is 19.8 Å². The van der Waals surface area contributed by atoms with E-state index in [0.29, 0.717) is 10.7 Å². The molecule has 0 spiro atoms. The van der Waals surface area contributed by atoms with Gasteiger partial charge in [-0.15, -0.1) is 0 Å². The van der Waals surface area contributed by atoms with E-state index in [2.05, 4.69) is 9.88 Å². The predicted octanol–water partition coefficient (Wildman–Crippen LogP) is 5.20. The molecule has 0 unspecified atom stereocenters. The number of carbonyl (C=O) groups excluding carboxylic acids is 2. The third-order valence-electron chi connectivity index (χ3n) is 5.64. The Labute approximate surface area is 197 Å². The van der Waals surface area contributed by atoms with E-state index in [0.717, 1.165) is 33.8 Å². The van der Waals surface area contributed by atoms with E-state index >= 15 is 0 Å². The van der Waals surface area contributed by atoms with Gasteiger partial charge in [0.2, 0.25) is 0 Å². The maximum atomic E-state index is 13.4. The summed E-state index contributed by atoms with van der Waals surface area (Å²) in [6.45, 7) is 7.84. The van der Waals surface area contributed by atoms with Crippen LogP contribution in [0.5, 0.6) is 0 Å². The zero-order valence-corrected chi connectivity index (χ0v) is 19.8. The highest BCUT2D eigenvalue weighted by molar-refractivity contribution is 7.80. The van der Waals surface area contributed by atoms with Gasteiger partial charge in [0, 0.05) is 22.1 Å². The molecule has 0 atom stereocenters. The number of aryl methyl sites for hydroxylation is 3. The Morgan fingerprint density at radius 2 is 1.62 bits per heavy atom. The van der Waals surface area contributed by atoms with Crippen LogP contribution in [0.15, 0.2) is 54.1 Å². The second-order valence-electron chi connectivity index (χ2n) is 7.84. The van der Waals surface area contributed by atoms with Gasteiger partial charge in [0.05, 0.1) is 5.69 Å². The number of halogens is 1. The summed E-state index contributed by atoms with van der Waals surface area (Å²) in [5.74, 6) is -0.953. The van der Waals surface area contributed by atoms with Gasteiger partial charge in [-0.2, -0.15) is 0 Å². The molecule has 4 rings (SSSR count). The van der Waals surface area contributed by atoms with Gasteiger partial charge >= 0.3 is 0 Å². The quantitative estimate of drug-likeness (QED) is 0.330. The minimum absolute atomic E-state index is 0.0323. The topological polar surface area (TPSA) is 54.3 Å². The molecule has 0 radical (unpaired) electrons. The molecule has 0 aliphatic carbocycles. The van der Waals surface area contributed by atoms with E-state index in [9.17, 15) is 9.59 Å². The first-order chi connectivity index (χ1) is 15.2. The lowest BCUT2D eigenvalue weighted by Crippen LogP contribution is -2.54. The van der Waals surface area contributed by atoms with Crippen molar-refractivity contribution in [3.05, 3.63) is 87.2 Å². The minimum Gasteiger partial charge on any atom is -0.318 e. The molecule has 1 aromatic heterocycles. The first-order valence-electron chi connectivity index (χ1n) is 10.1. The largest absolute Gasteiger partial charge is 0.318 e. The smallest absolute Gasteiger partial charge is 0.270 e. The van der Waals surface area contributed by atoms with Crippen molar-refractivity contribution in [1.29, 1.82) is 0 Å². The zero-order chi connectivity index (χ0) is 23.2. The van der Waals surface area contributed by atoms with Gasteiger partial charge in [0.15, 0.2) is 5.11 Å². The predicted molar refractivity (Wildman–Crippen MR) is 132 cm³/mol. The van der Waals surface area contributed by atoms with Crippen molar-refractivity contribution in [1.82, 2.24) is 9.88 Å². The summed E-state index contributed by atoms with van der Waals surface area (Å²) in [6, 6.07) is 15.1. The molecule has 1 aliphatic rings. The fourth-order valence-electron chi connectivity index (χ4n) is 3.97. The Bertz CT molecular complexity index is 1320. The highest BCUT2D eigenvalue weighted by Crippen LogP contribution is 2.29. The summed E-state index contributed by atoms with van der Waals surface area (Å²) >= 11 is 11.5. The lowest BCUT2D eigenvalue weighted by Gasteiger charge is -2.30. The van der Waals surface area contributed by atoms with Crippen molar-refractivity contribution < 1.29 is 9.59 Å². The van der Waals surface area contributed by atoms with Crippen LogP contribution in [0.4, 0.5) is 5.69 Å². The van der Waals surface area contributed by atoms with Gasteiger partial charge in [-0.25, -0.2) is 0 Å². The Morgan fingerprint density at radius 1 is 0.938 bits per heavy atom. The molecule has 1 aliphatic heterocycles. The molecule has 7 heteroatoms. The van der Waals surface area contributed by atoms with Crippen LogP contribution >= 0.6 is 23.8 Å². The fraction of sp³-hybridized carbons (Fsp3) is 0.160. The molecule has 162 valence electrons. The summed E-state index contributed by atoms with van der Waals surface area (Å²) in [4.78, 5) is 27.4. The van der Waals surface area contributed by atoms with Crippen LogP contribution in [0.2, 0.25) is 5.02 Å². The number of thiocarbonyl (C=S) groups is 1. The molecule has 1 N–H and O–H groups in total. The lowest BCUT2D eigenvalue weighted by atomic mass is 10.1. The molecular weight excluding hydrogens is 442 g/mol. The van der Waals surface area contributed by atoms with E-state index in [1.807, 2.05) is 76.2 Å². The number of para-hydroxylation sites is 1. The van der Waals surface area contributed by atoms with E-state index in [4.69, 9.17) is 23.8 Å². The summed E-state index contributed by atoms with van der Waals surface area (Å²) in [7, 11) is 0. The van der Waals surface area contributed by atoms with Crippen LogP contribution in [0.1, 0.15) is 28.1 Å². The number of hydrogen-bond donors (Lipinski definition) is 1. The van der Waals surface area contributed by atoms with Gasteiger partial charge in [-0.1, -0.05) is 35.9 Å². The zero-order valence-electron chi connectivity index (χ0n) is 18.2. The summed E-state index contributed by atoms with van der Waals surface area (Å²) < 4.78 is 2.07. The molecule has 3 aromatic rings. The molecule has 0 saturated carbocycles. The Kier molecular flexibility index (Phi) is 5.75. The molecule has 2 amide bonds. The number of anilines is 1. The SMILES string of the molecule is Cc1ccccc1N1C(=O)/C(=C/c2cc(C)n(-c3cc(Cl)ccc3C)c2C)C(=O)NC1=S. The third-order valence-corrected chi connectivity index (χ3v) is 6.16. The van der Waals surface area contributed by atoms with Crippen molar-refractivity contribution in [3.63, 3.8) is 0 Å². The Balaban J connectivity index is 1.81. The van der Waals surface area contributed by atoms with Gasteiger partial charge in [0.1, 0.15) is 5.57 Å². The number of aromatic nitrogens is 1. The number of benzene rings is 2. The van der Waals surface area contributed by atoms with Crippen LogP contribution in [0.3, 0.4) is 0 Å². The second-order valence-corrected chi connectivity index (χ2v) is 8.66. The van der Waals surface area contributed by atoms with Crippen molar-refractivity contribution >= 4 is 52.5 Å². The van der Waals surface area contributed by atoms with E-state index in [1.165, 1.54) is 4.90 Å². The summed E-state index contributed by atoms with van der Waals surface area (Å²) in [5.41, 5.74) is 6.23. The Hall–Kier alpha value is -3.22. The number of carbonyl (C=O) groups is 2. The van der Waals surface area contributed by atoms with Crippen LogP contribution in [0.25, 0.3) is 11.8 Å². The van der Waals surface area contributed by atoms with E-state index < -0.39 is 11.8 Å². The summed E-state index contributed by atoms with van der Waals surface area (Å²) in [6.07, 6.45) is 1.63. The van der Waals surface area contributed by atoms with Crippen LogP contribution in [0, 0.1) is 27.7 Å². The molecule has 1 saturated heterocycles. The molecule has 2 heterocycles. The maximum absolute atomic E-state index is 13.4. The van der Waals surface area contributed by atoms with Crippen LogP contribution in [-0.2, 0) is 9.59 Å². The average Bonchev–Trinajstić information content (AvgIpc) is 3.01. The molecule has 32 heavy (non-hydrogen) atoms. The highest BCUT2D eigenvalue weighted by Gasteiger charge is 2.35. The molecule has 2 aromatic carbocycles. The number of hydrogen-bond acceptors (Lipinski definition) is 3. The summed E-state index contributed by atoms with van der Waals surface area (Å²) in [5, 5.41) is 3.37. The van der Waals surface area contributed by atoms with E-state index in [1.54, 1.807) is 6.08 Å². The van der Waals surface area contributed by atoms with Crippen molar-refractivity contribution in [3.8, 4) is 5.69 Å².